The molecule has 1 fully saturated rings. The highest BCUT2D eigenvalue weighted by Crippen LogP contribution is 2.49. The second kappa shape index (κ2) is 11.0. The van der Waals surface area contributed by atoms with E-state index in [-0.39, 0.29) is 18.8 Å². The zero-order chi connectivity index (χ0) is 27.6. The van der Waals surface area contributed by atoms with Crippen molar-refractivity contribution in [1.29, 1.82) is 0 Å². The summed E-state index contributed by atoms with van der Waals surface area (Å²) in [7, 11) is 1.82. The zero-order valence-electron chi connectivity index (χ0n) is 20.5. The minimum absolute atomic E-state index is 0.0625. The summed E-state index contributed by atoms with van der Waals surface area (Å²) in [5.74, 6) is -4.34. The van der Waals surface area contributed by atoms with Crippen LogP contribution < -0.4 is 9.64 Å². The van der Waals surface area contributed by atoms with Crippen molar-refractivity contribution in [3.05, 3.63) is 47.8 Å². The van der Waals surface area contributed by atoms with Crippen molar-refractivity contribution in [2.24, 2.45) is 5.41 Å². The highest BCUT2D eigenvalue weighted by Gasteiger charge is 2.51. The molecule has 37 heavy (non-hydrogen) atoms. The van der Waals surface area contributed by atoms with Gasteiger partial charge in [-0.05, 0) is 75.2 Å². The van der Waals surface area contributed by atoms with Crippen LogP contribution in [0.15, 0.2) is 41.3 Å². The molecule has 0 bridgehead atoms. The molecule has 1 aliphatic heterocycles. The number of carboxylic acids is 1. The Morgan fingerprint density at radius 3 is 2.19 bits per heavy atom. The number of carbonyl (C=O) groups is 1. The van der Waals surface area contributed by atoms with Gasteiger partial charge in [0, 0.05) is 25.2 Å². The first-order valence-corrected chi connectivity index (χ1v) is 12.3. The number of halogens is 6. The van der Waals surface area contributed by atoms with Gasteiger partial charge in [0.05, 0.1) is 16.1 Å². The van der Waals surface area contributed by atoms with Crippen LogP contribution >= 0.6 is 11.9 Å². The fraction of sp³-hybridized carbons (Fsp3) is 0.480. The highest BCUT2D eigenvalue weighted by atomic mass is 32.2. The van der Waals surface area contributed by atoms with E-state index in [1.54, 1.807) is 4.90 Å². The number of likely N-dealkylation sites (N-methyl/N-ethyl adjacent to an activating group) is 1. The maximum atomic E-state index is 13.9. The van der Waals surface area contributed by atoms with Gasteiger partial charge in [-0.2, -0.15) is 13.2 Å². The van der Waals surface area contributed by atoms with Gasteiger partial charge in [0.15, 0.2) is 0 Å². The molecule has 0 spiro atoms. The van der Waals surface area contributed by atoms with Gasteiger partial charge in [0.25, 0.3) is 0 Å². The Hall–Kier alpha value is -2.60. The van der Waals surface area contributed by atoms with E-state index in [1.165, 1.54) is 49.2 Å². The SMILES string of the molecule is CCC(C)(F)F.CN1CCN(c2ccc(F)cc2)c2cc(C(F)(F)F)c(OCC3(C(=O)O)CC3)cc2S1. The van der Waals surface area contributed by atoms with Gasteiger partial charge < -0.3 is 14.7 Å². The summed E-state index contributed by atoms with van der Waals surface area (Å²) in [6.07, 6.45) is -4.00. The number of carboxylic acid groups (broad SMARTS) is 1. The summed E-state index contributed by atoms with van der Waals surface area (Å²) < 4.78 is 85.3. The molecule has 0 radical (unpaired) electrons. The van der Waals surface area contributed by atoms with Crippen LogP contribution in [0.3, 0.4) is 0 Å². The average molecular weight is 551 g/mol. The van der Waals surface area contributed by atoms with E-state index in [0.29, 0.717) is 42.2 Å². The van der Waals surface area contributed by atoms with Crippen LogP contribution in [-0.2, 0) is 11.0 Å². The lowest BCUT2D eigenvalue weighted by atomic mass is 10.1. The molecule has 4 rings (SSSR count). The van der Waals surface area contributed by atoms with Crippen LogP contribution in [0.5, 0.6) is 5.75 Å². The van der Waals surface area contributed by atoms with Crippen molar-refractivity contribution in [3.8, 4) is 5.75 Å². The lowest BCUT2D eigenvalue weighted by Crippen LogP contribution is -2.25. The summed E-state index contributed by atoms with van der Waals surface area (Å²) in [4.78, 5) is 13.6. The van der Waals surface area contributed by atoms with Crippen LogP contribution in [-0.4, -0.2) is 48.0 Å². The number of nitrogens with zero attached hydrogens (tertiary/aromatic N) is 2. The number of rotatable bonds is 6. The molecule has 1 aliphatic carbocycles. The average Bonchev–Trinajstić information content (AvgIpc) is 3.61. The Morgan fingerprint density at radius 1 is 1.11 bits per heavy atom. The number of hydrogen-bond donors (Lipinski definition) is 1. The van der Waals surface area contributed by atoms with E-state index in [1.807, 2.05) is 11.4 Å². The van der Waals surface area contributed by atoms with Crippen LogP contribution in [0.1, 0.15) is 38.7 Å². The molecule has 0 atom stereocenters. The van der Waals surface area contributed by atoms with Crippen molar-refractivity contribution in [2.75, 3.05) is 31.6 Å². The first-order chi connectivity index (χ1) is 17.1. The van der Waals surface area contributed by atoms with Crippen molar-refractivity contribution in [1.82, 2.24) is 4.31 Å². The van der Waals surface area contributed by atoms with Gasteiger partial charge >= 0.3 is 12.1 Å². The number of alkyl halides is 5. The van der Waals surface area contributed by atoms with Crippen LogP contribution in [0.2, 0.25) is 0 Å². The lowest BCUT2D eigenvalue weighted by Gasteiger charge is -2.26. The van der Waals surface area contributed by atoms with Gasteiger partial charge in [0.1, 0.15) is 23.6 Å². The third-order valence-electron chi connectivity index (χ3n) is 6.12. The maximum Gasteiger partial charge on any atom is 0.420 e. The molecule has 204 valence electrons. The molecule has 0 aromatic heterocycles. The van der Waals surface area contributed by atoms with Crippen LogP contribution in [0, 0.1) is 11.2 Å². The summed E-state index contributed by atoms with van der Waals surface area (Å²) in [5, 5.41) is 9.31. The van der Waals surface area contributed by atoms with Gasteiger partial charge in [-0.25, -0.2) is 17.5 Å². The quantitative estimate of drug-likeness (QED) is 0.303. The largest absolute Gasteiger partial charge is 0.492 e. The Bertz CT molecular complexity index is 1100. The highest BCUT2D eigenvalue weighted by molar-refractivity contribution is 7.97. The Morgan fingerprint density at radius 2 is 1.70 bits per heavy atom. The van der Waals surface area contributed by atoms with Crippen molar-refractivity contribution >= 4 is 29.3 Å². The van der Waals surface area contributed by atoms with Crippen LogP contribution in [0.4, 0.5) is 37.7 Å². The lowest BCUT2D eigenvalue weighted by molar-refractivity contribution is -0.144. The Labute approximate surface area is 215 Å². The third kappa shape index (κ3) is 7.47. The minimum Gasteiger partial charge on any atom is -0.492 e. The molecule has 12 heteroatoms. The number of aliphatic carboxylic acids is 1. The van der Waals surface area contributed by atoms with Gasteiger partial charge in [-0.1, -0.05) is 6.92 Å². The molecule has 1 N–H and O–H groups in total. The normalized spacial score (nSPS) is 17.3. The standard InChI is InChI=1S/C21H20F4N2O3S.C4H8F2/c1-26-8-9-27(14-4-2-13(22)3-5-14)16-10-15(21(23,24)25)17(11-18(16)31-26)30-12-20(6-7-20)19(28)29;1-3-4(2,5)6/h2-5,10-11H,6-9,12H2,1H3,(H,28,29);3H2,1-2H3. The molecular formula is C25H28F6N2O3S. The fourth-order valence-corrected chi connectivity index (χ4v) is 4.36. The Balaban J connectivity index is 0.000000568. The summed E-state index contributed by atoms with van der Waals surface area (Å²) in [6.45, 7) is 3.01. The third-order valence-corrected chi connectivity index (χ3v) is 7.14. The number of ether oxygens (including phenoxy) is 1. The second-order valence-corrected chi connectivity index (χ2v) is 10.4. The zero-order valence-corrected chi connectivity index (χ0v) is 21.4. The molecule has 1 heterocycles. The van der Waals surface area contributed by atoms with E-state index in [2.05, 4.69) is 0 Å². The first kappa shape index (κ1) is 29.0. The smallest absolute Gasteiger partial charge is 0.420 e. The van der Waals surface area contributed by atoms with Gasteiger partial charge in [-0.15, -0.1) is 0 Å². The Kier molecular flexibility index (Phi) is 8.63. The number of fused-ring (bicyclic) bond motifs is 1. The first-order valence-electron chi connectivity index (χ1n) is 11.6. The van der Waals surface area contributed by atoms with E-state index >= 15 is 0 Å². The molecule has 0 amide bonds. The summed E-state index contributed by atoms with van der Waals surface area (Å²) >= 11 is 1.28. The molecule has 2 aliphatic rings. The topological polar surface area (TPSA) is 53.0 Å². The van der Waals surface area contributed by atoms with Gasteiger partial charge in [-0.3, -0.25) is 4.79 Å². The number of benzene rings is 2. The molecule has 2 aromatic carbocycles. The van der Waals surface area contributed by atoms with Crippen molar-refractivity contribution in [2.45, 2.75) is 50.1 Å². The summed E-state index contributed by atoms with van der Waals surface area (Å²) in [6, 6.07) is 7.92. The summed E-state index contributed by atoms with van der Waals surface area (Å²) in [5.41, 5.74) is -1.17. The van der Waals surface area contributed by atoms with E-state index in [9.17, 15) is 36.2 Å². The monoisotopic (exact) mass is 550 g/mol. The molecule has 1 saturated carbocycles. The minimum atomic E-state index is -4.69. The second-order valence-electron chi connectivity index (χ2n) is 9.18. The molecular weight excluding hydrogens is 522 g/mol. The predicted octanol–water partition coefficient (Wildman–Crippen LogP) is 7.23. The van der Waals surface area contributed by atoms with Crippen molar-refractivity contribution < 1.29 is 41.0 Å². The maximum absolute atomic E-state index is 13.9. The fourth-order valence-electron chi connectivity index (χ4n) is 3.43. The number of anilines is 2. The molecule has 5 nitrogen and oxygen atoms in total. The van der Waals surface area contributed by atoms with Gasteiger partial charge in [0.2, 0.25) is 5.92 Å². The van der Waals surface area contributed by atoms with E-state index < -0.39 is 34.9 Å². The molecule has 0 unspecified atom stereocenters. The number of hydrogen-bond acceptors (Lipinski definition) is 5. The molecule has 0 saturated heterocycles. The van der Waals surface area contributed by atoms with Crippen molar-refractivity contribution in [3.63, 3.8) is 0 Å². The molecule has 2 aromatic rings. The van der Waals surface area contributed by atoms with E-state index in [4.69, 9.17) is 4.74 Å². The van der Waals surface area contributed by atoms with E-state index in [0.717, 1.165) is 13.0 Å². The van der Waals surface area contributed by atoms with Crippen LogP contribution in [0.25, 0.3) is 0 Å². The predicted molar refractivity (Wildman–Crippen MR) is 129 cm³/mol.